The highest BCUT2D eigenvalue weighted by Crippen LogP contribution is 2.27. The van der Waals surface area contributed by atoms with Crippen LogP contribution in [0.1, 0.15) is 10.4 Å². The third-order valence-corrected chi connectivity index (χ3v) is 2.44. The standard InChI is InChI=1S/C11H12N2O3/c14-6-5-12-7-13-9-4-2-1-3-8(9)10(15)11(13)16/h1-4,12,14H,5-7H2. The van der Waals surface area contributed by atoms with Gasteiger partial charge in [-0.25, -0.2) is 0 Å². The second-order valence-electron chi connectivity index (χ2n) is 3.46. The maximum absolute atomic E-state index is 11.6. The van der Waals surface area contributed by atoms with Crippen LogP contribution in [0.4, 0.5) is 5.69 Å². The number of fused-ring (bicyclic) bond motifs is 1. The van der Waals surface area contributed by atoms with E-state index in [1.807, 2.05) is 0 Å². The molecular formula is C11H12N2O3. The van der Waals surface area contributed by atoms with Crippen LogP contribution in [0.15, 0.2) is 24.3 Å². The first-order chi connectivity index (χ1) is 7.75. The Morgan fingerprint density at radius 1 is 1.25 bits per heavy atom. The summed E-state index contributed by atoms with van der Waals surface area (Å²) in [4.78, 5) is 24.6. The van der Waals surface area contributed by atoms with Crippen LogP contribution in [0, 0.1) is 0 Å². The van der Waals surface area contributed by atoms with E-state index in [0.717, 1.165) is 0 Å². The molecule has 84 valence electrons. The first-order valence-electron chi connectivity index (χ1n) is 5.02. The molecule has 0 unspecified atom stereocenters. The fourth-order valence-corrected chi connectivity index (χ4v) is 1.68. The van der Waals surface area contributed by atoms with Gasteiger partial charge < -0.3 is 5.11 Å². The molecule has 1 heterocycles. The second kappa shape index (κ2) is 4.42. The van der Waals surface area contributed by atoms with Crippen molar-refractivity contribution >= 4 is 17.4 Å². The van der Waals surface area contributed by atoms with Crippen molar-refractivity contribution in [1.82, 2.24) is 5.32 Å². The quantitative estimate of drug-likeness (QED) is 0.542. The van der Waals surface area contributed by atoms with E-state index in [1.54, 1.807) is 24.3 Å². The molecule has 0 saturated heterocycles. The lowest BCUT2D eigenvalue weighted by Crippen LogP contribution is -2.39. The molecule has 0 fully saturated rings. The Labute approximate surface area is 92.7 Å². The van der Waals surface area contributed by atoms with Gasteiger partial charge in [0.05, 0.1) is 24.5 Å². The summed E-state index contributed by atoms with van der Waals surface area (Å²) in [6.45, 7) is 0.625. The monoisotopic (exact) mass is 220 g/mol. The number of nitrogens with one attached hydrogen (secondary N) is 1. The van der Waals surface area contributed by atoms with Gasteiger partial charge in [0, 0.05) is 6.54 Å². The van der Waals surface area contributed by atoms with Crippen molar-refractivity contribution in [1.29, 1.82) is 0 Å². The minimum Gasteiger partial charge on any atom is -0.395 e. The van der Waals surface area contributed by atoms with Crippen molar-refractivity contribution in [3.05, 3.63) is 29.8 Å². The Morgan fingerprint density at radius 2 is 2.00 bits per heavy atom. The number of aliphatic hydroxyl groups excluding tert-OH is 1. The number of carbonyl (C=O) groups is 2. The molecule has 1 aromatic carbocycles. The van der Waals surface area contributed by atoms with Gasteiger partial charge in [0.15, 0.2) is 0 Å². The number of rotatable bonds is 4. The molecule has 0 atom stereocenters. The van der Waals surface area contributed by atoms with Gasteiger partial charge >= 0.3 is 5.91 Å². The molecule has 2 rings (SSSR count). The molecule has 0 aromatic heterocycles. The van der Waals surface area contributed by atoms with Gasteiger partial charge in [0.2, 0.25) is 0 Å². The van der Waals surface area contributed by atoms with E-state index in [9.17, 15) is 9.59 Å². The highest BCUT2D eigenvalue weighted by Gasteiger charge is 2.34. The molecule has 0 saturated carbocycles. The fourth-order valence-electron chi connectivity index (χ4n) is 1.68. The second-order valence-corrected chi connectivity index (χ2v) is 3.46. The van der Waals surface area contributed by atoms with E-state index < -0.39 is 11.7 Å². The third kappa shape index (κ3) is 1.70. The number of carbonyl (C=O) groups excluding carboxylic acids is 2. The minimum atomic E-state index is -0.522. The number of hydrogen-bond donors (Lipinski definition) is 2. The van der Waals surface area contributed by atoms with Crippen molar-refractivity contribution in [2.45, 2.75) is 0 Å². The molecule has 2 N–H and O–H groups in total. The van der Waals surface area contributed by atoms with Crippen molar-refractivity contribution in [3.8, 4) is 0 Å². The van der Waals surface area contributed by atoms with Crippen LogP contribution >= 0.6 is 0 Å². The first-order valence-corrected chi connectivity index (χ1v) is 5.02. The van der Waals surface area contributed by atoms with Crippen LogP contribution in [0.5, 0.6) is 0 Å². The average Bonchev–Trinajstić information content (AvgIpc) is 2.55. The molecular weight excluding hydrogens is 208 g/mol. The summed E-state index contributed by atoms with van der Waals surface area (Å²) in [5, 5.41) is 11.5. The summed E-state index contributed by atoms with van der Waals surface area (Å²) >= 11 is 0. The van der Waals surface area contributed by atoms with E-state index in [0.29, 0.717) is 17.8 Å². The van der Waals surface area contributed by atoms with Gasteiger partial charge in [-0.15, -0.1) is 0 Å². The van der Waals surface area contributed by atoms with Crippen molar-refractivity contribution in [3.63, 3.8) is 0 Å². The zero-order valence-electron chi connectivity index (χ0n) is 8.64. The molecule has 0 spiro atoms. The Bertz CT molecular complexity index is 431. The SMILES string of the molecule is O=C1C(=O)N(CNCCO)c2ccccc21. The van der Waals surface area contributed by atoms with Crippen LogP contribution in [0.3, 0.4) is 0 Å². The molecule has 0 aliphatic carbocycles. The fraction of sp³-hybridized carbons (Fsp3) is 0.273. The Morgan fingerprint density at radius 3 is 2.75 bits per heavy atom. The molecule has 1 aliphatic heterocycles. The number of aliphatic hydroxyl groups is 1. The van der Waals surface area contributed by atoms with Gasteiger partial charge in [0.25, 0.3) is 5.78 Å². The maximum Gasteiger partial charge on any atom is 0.300 e. The van der Waals surface area contributed by atoms with Crippen molar-refractivity contribution < 1.29 is 14.7 Å². The highest BCUT2D eigenvalue weighted by molar-refractivity contribution is 6.52. The number of amides is 1. The smallest absolute Gasteiger partial charge is 0.300 e. The van der Waals surface area contributed by atoms with E-state index in [2.05, 4.69) is 5.32 Å². The van der Waals surface area contributed by atoms with Crippen molar-refractivity contribution in [2.75, 3.05) is 24.7 Å². The molecule has 1 aliphatic rings. The summed E-state index contributed by atoms with van der Waals surface area (Å²) < 4.78 is 0. The van der Waals surface area contributed by atoms with Gasteiger partial charge in [-0.3, -0.25) is 19.8 Å². The molecule has 16 heavy (non-hydrogen) atoms. The molecule has 0 bridgehead atoms. The molecule has 1 aromatic rings. The lowest BCUT2D eigenvalue weighted by molar-refractivity contribution is -0.114. The summed E-state index contributed by atoms with van der Waals surface area (Å²) in [6, 6.07) is 6.89. The predicted octanol–water partition coefficient (Wildman–Crippen LogP) is -0.245. The number of para-hydroxylation sites is 1. The van der Waals surface area contributed by atoms with E-state index in [1.165, 1.54) is 4.90 Å². The van der Waals surface area contributed by atoms with Crippen molar-refractivity contribution in [2.24, 2.45) is 0 Å². The molecule has 1 amide bonds. The Balaban J connectivity index is 2.20. The number of benzene rings is 1. The zero-order chi connectivity index (χ0) is 11.5. The molecule has 5 heteroatoms. The number of anilines is 1. The Hall–Kier alpha value is -1.72. The normalized spacial score (nSPS) is 14.4. The highest BCUT2D eigenvalue weighted by atomic mass is 16.3. The average molecular weight is 220 g/mol. The summed E-state index contributed by atoms with van der Waals surface area (Å²) in [7, 11) is 0. The largest absolute Gasteiger partial charge is 0.395 e. The van der Waals surface area contributed by atoms with E-state index in [-0.39, 0.29) is 13.3 Å². The van der Waals surface area contributed by atoms with Crippen LogP contribution in [-0.4, -0.2) is 36.6 Å². The van der Waals surface area contributed by atoms with Gasteiger partial charge in [0.1, 0.15) is 0 Å². The van der Waals surface area contributed by atoms with Gasteiger partial charge in [-0.05, 0) is 12.1 Å². The zero-order valence-corrected chi connectivity index (χ0v) is 8.64. The first kappa shape index (κ1) is 10.8. The summed E-state index contributed by atoms with van der Waals surface area (Å²) in [5.41, 5.74) is 1.07. The minimum absolute atomic E-state index is 0.00236. The van der Waals surface area contributed by atoms with Crippen LogP contribution in [0.2, 0.25) is 0 Å². The lowest BCUT2D eigenvalue weighted by Gasteiger charge is -2.16. The Kier molecular flexibility index (Phi) is 2.98. The number of Topliss-reactive ketones (excluding diaryl/α,β-unsaturated/α-hetero) is 1. The number of nitrogens with zero attached hydrogens (tertiary/aromatic N) is 1. The van der Waals surface area contributed by atoms with Crippen LogP contribution < -0.4 is 10.2 Å². The molecule has 0 radical (unpaired) electrons. The lowest BCUT2D eigenvalue weighted by atomic mass is 10.1. The predicted molar refractivity (Wildman–Crippen MR) is 58.2 cm³/mol. The maximum atomic E-state index is 11.6. The van der Waals surface area contributed by atoms with Crippen LogP contribution in [0.25, 0.3) is 0 Å². The third-order valence-electron chi connectivity index (χ3n) is 2.44. The summed E-state index contributed by atoms with van der Waals surface area (Å²) in [6.07, 6.45) is 0. The number of hydrogen-bond acceptors (Lipinski definition) is 4. The van der Waals surface area contributed by atoms with Gasteiger partial charge in [-0.1, -0.05) is 12.1 Å². The van der Waals surface area contributed by atoms with E-state index >= 15 is 0 Å². The molecule has 5 nitrogen and oxygen atoms in total. The number of ketones is 1. The van der Waals surface area contributed by atoms with Gasteiger partial charge in [-0.2, -0.15) is 0 Å². The summed E-state index contributed by atoms with van der Waals surface area (Å²) in [5.74, 6) is -0.993. The topological polar surface area (TPSA) is 69.6 Å². The van der Waals surface area contributed by atoms with Crippen LogP contribution in [-0.2, 0) is 4.79 Å². The van der Waals surface area contributed by atoms with E-state index in [4.69, 9.17) is 5.11 Å².